The van der Waals surface area contributed by atoms with E-state index in [0.717, 1.165) is 47.7 Å². The summed E-state index contributed by atoms with van der Waals surface area (Å²) in [6.07, 6.45) is 8.69. The molecule has 1 amide bonds. The van der Waals surface area contributed by atoms with Gasteiger partial charge < -0.3 is 14.3 Å². The standard InChI is InChI=1S/C23H24N4O3/c28-21(26(14-17-9-6-12-30-17)16-7-2-1-3-8-16)15-27-23(29)22-19(13-24-27)18-10-4-5-11-20(18)25-22/h4-6,9-13,16,25H,1-3,7-8,14-15H2. The molecule has 3 aromatic heterocycles. The Labute approximate surface area is 173 Å². The number of para-hydroxylation sites is 1. The first-order chi connectivity index (χ1) is 14.7. The van der Waals surface area contributed by atoms with Crippen molar-refractivity contribution < 1.29 is 9.21 Å². The third-order valence-electron chi connectivity index (χ3n) is 6.05. The summed E-state index contributed by atoms with van der Waals surface area (Å²) in [7, 11) is 0. The van der Waals surface area contributed by atoms with Crippen LogP contribution in [-0.4, -0.2) is 31.6 Å². The molecular weight excluding hydrogens is 380 g/mol. The van der Waals surface area contributed by atoms with Crippen molar-refractivity contribution in [1.29, 1.82) is 0 Å². The fraction of sp³-hybridized carbons (Fsp3) is 0.348. The van der Waals surface area contributed by atoms with E-state index in [4.69, 9.17) is 4.42 Å². The Hall–Kier alpha value is -3.35. The van der Waals surface area contributed by atoms with Crippen LogP contribution in [0, 0.1) is 0 Å². The van der Waals surface area contributed by atoms with Crippen molar-refractivity contribution in [2.45, 2.75) is 51.2 Å². The molecule has 0 aliphatic heterocycles. The molecule has 0 atom stereocenters. The largest absolute Gasteiger partial charge is 0.467 e. The second-order valence-corrected chi connectivity index (χ2v) is 7.96. The number of nitrogens with one attached hydrogen (secondary N) is 1. The summed E-state index contributed by atoms with van der Waals surface area (Å²) in [5, 5.41) is 6.04. The summed E-state index contributed by atoms with van der Waals surface area (Å²) in [4.78, 5) is 31.3. The molecule has 3 heterocycles. The quantitative estimate of drug-likeness (QED) is 0.548. The monoisotopic (exact) mass is 404 g/mol. The van der Waals surface area contributed by atoms with Gasteiger partial charge in [-0.05, 0) is 31.0 Å². The maximum atomic E-state index is 13.3. The van der Waals surface area contributed by atoms with E-state index in [9.17, 15) is 9.59 Å². The number of fused-ring (bicyclic) bond motifs is 3. The van der Waals surface area contributed by atoms with Gasteiger partial charge in [0.05, 0.1) is 19.0 Å². The van der Waals surface area contributed by atoms with Gasteiger partial charge in [0, 0.05) is 22.3 Å². The summed E-state index contributed by atoms with van der Waals surface area (Å²) in [6, 6.07) is 11.6. The Balaban J connectivity index is 1.45. The Morgan fingerprint density at radius 3 is 2.77 bits per heavy atom. The van der Waals surface area contributed by atoms with Gasteiger partial charge in [-0.15, -0.1) is 0 Å². The number of benzene rings is 1. The molecule has 0 bridgehead atoms. The van der Waals surface area contributed by atoms with E-state index >= 15 is 0 Å². The predicted octanol–water partition coefficient (Wildman–Crippen LogP) is 3.83. The first kappa shape index (κ1) is 18.7. The normalized spacial score (nSPS) is 15.1. The van der Waals surface area contributed by atoms with Crippen molar-refractivity contribution in [1.82, 2.24) is 19.7 Å². The van der Waals surface area contributed by atoms with Crippen LogP contribution < -0.4 is 5.56 Å². The number of nitrogens with zero attached hydrogens (tertiary/aromatic N) is 3. The van der Waals surface area contributed by atoms with Crippen LogP contribution in [0.3, 0.4) is 0 Å². The van der Waals surface area contributed by atoms with Gasteiger partial charge in [-0.3, -0.25) is 9.59 Å². The lowest BCUT2D eigenvalue weighted by molar-refractivity contribution is -0.136. The van der Waals surface area contributed by atoms with Gasteiger partial charge in [0.1, 0.15) is 17.8 Å². The predicted molar refractivity (Wildman–Crippen MR) is 114 cm³/mol. The minimum atomic E-state index is -0.279. The molecule has 1 aromatic carbocycles. The van der Waals surface area contributed by atoms with E-state index in [2.05, 4.69) is 10.1 Å². The van der Waals surface area contributed by atoms with Crippen LogP contribution in [0.5, 0.6) is 0 Å². The van der Waals surface area contributed by atoms with Crippen LogP contribution in [0.1, 0.15) is 37.9 Å². The van der Waals surface area contributed by atoms with Crippen molar-refractivity contribution in [3.8, 4) is 0 Å². The summed E-state index contributed by atoms with van der Waals surface area (Å²) in [6.45, 7) is 0.335. The van der Waals surface area contributed by atoms with Crippen molar-refractivity contribution in [2.75, 3.05) is 0 Å². The molecule has 1 aliphatic rings. The van der Waals surface area contributed by atoms with E-state index in [1.165, 1.54) is 11.1 Å². The number of hydrogen-bond acceptors (Lipinski definition) is 4. The lowest BCUT2D eigenvalue weighted by Crippen LogP contribution is -2.44. The first-order valence-electron chi connectivity index (χ1n) is 10.5. The summed E-state index contributed by atoms with van der Waals surface area (Å²) < 4.78 is 6.75. The molecule has 1 aliphatic carbocycles. The lowest BCUT2D eigenvalue weighted by atomic mass is 9.94. The SMILES string of the molecule is O=C(Cn1ncc2c([nH]c3ccccc32)c1=O)N(Cc1ccco1)C1CCCCC1. The van der Waals surface area contributed by atoms with Crippen LogP contribution >= 0.6 is 0 Å². The minimum absolute atomic E-state index is 0.0820. The molecule has 1 N–H and O–H groups in total. The number of amides is 1. The first-order valence-corrected chi connectivity index (χ1v) is 10.5. The Morgan fingerprint density at radius 2 is 1.97 bits per heavy atom. The van der Waals surface area contributed by atoms with Crippen molar-refractivity contribution in [3.63, 3.8) is 0 Å². The van der Waals surface area contributed by atoms with E-state index in [1.807, 2.05) is 41.3 Å². The Kier molecular flexibility index (Phi) is 4.86. The number of aromatic nitrogens is 3. The molecule has 0 unspecified atom stereocenters. The van der Waals surface area contributed by atoms with Gasteiger partial charge in [0.15, 0.2) is 0 Å². The lowest BCUT2D eigenvalue weighted by Gasteiger charge is -2.34. The average Bonchev–Trinajstić information content (AvgIpc) is 3.42. The molecule has 7 heteroatoms. The summed E-state index contributed by atoms with van der Waals surface area (Å²) in [5.74, 6) is 0.642. The molecule has 0 spiro atoms. The zero-order chi connectivity index (χ0) is 20.5. The van der Waals surface area contributed by atoms with Crippen LogP contribution in [0.4, 0.5) is 0 Å². The third-order valence-corrected chi connectivity index (χ3v) is 6.05. The second-order valence-electron chi connectivity index (χ2n) is 7.96. The van der Waals surface area contributed by atoms with E-state index in [0.29, 0.717) is 12.1 Å². The molecule has 0 saturated heterocycles. The number of rotatable bonds is 5. The van der Waals surface area contributed by atoms with E-state index in [-0.39, 0.29) is 24.1 Å². The van der Waals surface area contributed by atoms with E-state index < -0.39 is 0 Å². The number of carbonyl (C=O) groups is 1. The highest BCUT2D eigenvalue weighted by atomic mass is 16.3. The molecule has 154 valence electrons. The fourth-order valence-corrected chi connectivity index (χ4v) is 4.49. The van der Waals surface area contributed by atoms with Crippen LogP contribution in [0.15, 0.2) is 58.1 Å². The number of aromatic amines is 1. The molecule has 7 nitrogen and oxygen atoms in total. The molecule has 30 heavy (non-hydrogen) atoms. The van der Waals surface area contributed by atoms with Crippen LogP contribution in [0.25, 0.3) is 21.8 Å². The zero-order valence-corrected chi connectivity index (χ0v) is 16.7. The molecule has 0 radical (unpaired) electrons. The zero-order valence-electron chi connectivity index (χ0n) is 16.7. The number of furan rings is 1. The van der Waals surface area contributed by atoms with Crippen LogP contribution in [0.2, 0.25) is 0 Å². The van der Waals surface area contributed by atoms with Crippen molar-refractivity contribution in [2.24, 2.45) is 0 Å². The van der Waals surface area contributed by atoms with Crippen LogP contribution in [-0.2, 0) is 17.9 Å². The molecule has 4 aromatic rings. The second kappa shape index (κ2) is 7.82. The molecule has 1 saturated carbocycles. The molecular formula is C23H24N4O3. The van der Waals surface area contributed by atoms with Gasteiger partial charge in [-0.1, -0.05) is 37.5 Å². The number of carbonyl (C=O) groups excluding carboxylic acids is 1. The number of hydrogen-bond donors (Lipinski definition) is 1. The highest BCUT2D eigenvalue weighted by molar-refractivity contribution is 6.06. The Bertz CT molecular complexity index is 1230. The Morgan fingerprint density at radius 1 is 1.13 bits per heavy atom. The minimum Gasteiger partial charge on any atom is -0.467 e. The van der Waals surface area contributed by atoms with Gasteiger partial charge in [0.2, 0.25) is 5.91 Å². The maximum Gasteiger partial charge on any atom is 0.291 e. The average molecular weight is 404 g/mol. The van der Waals surface area contributed by atoms with Crippen molar-refractivity contribution >= 4 is 27.7 Å². The summed E-state index contributed by atoms with van der Waals surface area (Å²) >= 11 is 0. The van der Waals surface area contributed by atoms with Crippen molar-refractivity contribution in [3.05, 3.63) is 65.0 Å². The number of H-pyrrole nitrogens is 1. The van der Waals surface area contributed by atoms with Gasteiger partial charge >= 0.3 is 0 Å². The highest BCUT2D eigenvalue weighted by Gasteiger charge is 2.27. The van der Waals surface area contributed by atoms with Gasteiger partial charge in [0.25, 0.3) is 5.56 Å². The van der Waals surface area contributed by atoms with Gasteiger partial charge in [-0.25, -0.2) is 4.68 Å². The smallest absolute Gasteiger partial charge is 0.291 e. The molecule has 1 fully saturated rings. The fourth-order valence-electron chi connectivity index (χ4n) is 4.49. The van der Waals surface area contributed by atoms with E-state index in [1.54, 1.807) is 12.5 Å². The van der Waals surface area contributed by atoms with Gasteiger partial charge in [-0.2, -0.15) is 5.10 Å². The third kappa shape index (κ3) is 3.40. The summed E-state index contributed by atoms with van der Waals surface area (Å²) in [5.41, 5.74) is 1.09. The maximum absolute atomic E-state index is 13.3. The highest BCUT2D eigenvalue weighted by Crippen LogP contribution is 2.25. The topological polar surface area (TPSA) is 84.1 Å². The molecule has 5 rings (SSSR count).